The van der Waals surface area contributed by atoms with Crippen LogP contribution in [0.15, 0.2) is 42.6 Å². The molecular formula is C17H10ClN7O2. The molecule has 1 aromatic heterocycles. The van der Waals surface area contributed by atoms with E-state index in [0.717, 1.165) is 0 Å². The van der Waals surface area contributed by atoms with Gasteiger partial charge in [0.15, 0.2) is 5.75 Å². The van der Waals surface area contributed by atoms with Gasteiger partial charge in [-0.3, -0.25) is 4.79 Å². The molecule has 0 fully saturated rings. The molecule has 27 heavy (non-hydrogen) atoms. The Bertz CT molecular complexity index is 1100. The van der Waals surface area contributed by atoms with E-state index in [-0.39, 0.29) is 17.3 Å². The minimum Gasteiger partial charge on any atom is -0.454 e. The molecule has 0 unspecified atom stereocenters. The Morgan fingerprint density at radius 1 is 1.26 bits per heavy atom. The molecule has 0 spiro atoms. The fourth-order valence-corrected chi connectivity index (χ4v) is 2.63. The molecule has 0 bridgehead atoms. The monoisotopic (exact) mass is 379 g/mol. The Morgan fingerprint density at radius 2 is 2.11 bits per heavy atom. The van der Waals surface area contributed by atoms with Crippen molar-refractivity contribution in [3.63, 3.8) is 0 Å². The number of rotatable bonds is 3. The number of tetrazole rings is 1. The van der Waals surface area contributed by atoms with Crippen LogP contribution in [-0.4, -0.2) is 26.5 Å². The molecule has 1 aliphatic rings. The molecule has 9 nitrogen and oxygen atoms in total. The lowest BCUT2D eigenvalue weighted by atomic mass is 10.1. The van der Waals surface area contributed by atoms with Crippen LogP contribution < -0.4 is 15.4 Å². The Labute approximate surface area is 157 Å². The van der Waals surface area contributed by atoms with Crippen LogP contribution in [0.5, 0.6) is 11.5 Å². The topological polar surface area (TPSA) is 129 Å². The molecule has 132 valence electrons. The van der Waals surface area contributed by atoms with E-state index in [1.54, 1.807) is 36.4 Å². The summed E-state index contributed by atoms with van der Waals surface area (Å²) in [5.74, 6) is 0.725. The number of carbonyl (C=O) groups excluding carboxylic acids is 1. The van der Waals surface area contributed by atoms with Gasteiger partial charge in [0, 0.05) is 16.9 Å². The van der Waals surface area contributed by atoms with Gasteiger partial charge in [-0.25, -0.2) is 0 Å². The van der Waals surface area contributed by atoms with Gasteiger partial charge in [0.1, 0.15) is 17.4 Å². The minimum absolute atomic E-state index is 0.160. The quantitative estimate of drug-likeness (QED) is 0.596. The van der Waals surface area contributed by atoms with Gasteiger partial charge in [0.2, 0.25) is 5.82 Å². The molecule has 2 aromatic carbocycles. The maximum Gasteiger partial charge on any atom is 0.259 e. The first kappa shape index (κ1) is 16.6. The van der Waals surface area contributed by atoms with Crippen LogP contribution in [0.25, 0.3) is 5.57 Å². The first-order valence-electron chi connectivity index (χ1n) is 7.67. The molecule has 3 N–H and O–H groups in total. The van der Waals surface area contributed by atoms with Gasteiger partial charge in [0.05, 0.1) is 11.3 Å². The number of halogens is 1. The van der Waals surface area contributed by atoms with E-state index in [4.69, 9.17) is 16.3 Å². The van der Waals surface area contributed by atoms with E-state index in [9.17, 15) is 10.1 Å². The zero-order chi connectivity index (χ0) is 18.8. The Balaban J connectivity index is 1.63. The van der Waals surface area contributed by atoms with E-state index in [1.807, 2.05) is 6.07 Å². The van der Waals surface area contributed by atoms with E-state index in [1.165, 1.54) is 6.20 Å². The number of hydrogen-bond acceptors (Lipinski definition) is 7. The predicted molar refractivity (Wildman–Crippen MR) is 97.3 cm³/mol. The van der Waals surface area contributed by atoms with Crippen molar-refractivity contribution in [2.75, 3.05) is 10.6 Å². The summed E-state index contributed by atoms with van der Waals surface area (Å²) in [6, 6.07) is 11.9. The SMILES string of the molecule is N#CC(=CNc1ccc2c(c1)C(=O)Nc1cc(Cl)ccc1O2)c1nn[nH]n1. The summed E-state index contributed by atoms with van der Waals surface area (Å²) in [4.78, 5) is 12.6. The van der Waals surface area contributed by atoms with Crippen LogP contribution in [0.2, 0.25) is 5.02 Å². The average molecular weight is 380 g/mol. The summed E-state index contributed by atoms with van der Waals surface area (Å²) in [7, 11) is 0. The van der Waals surface area contributed by atoms with Gasteiger partial charge in [0.25, 0.3) is 5.91 Å². The molecule has 4 rings (SSSR count). The van der Waals surface area contributed by atoms with E-state index in [2.05, 4.69) is 31.3 Å². The highest BCUT2D eigenvalue weighted by Crippen LogP contribution is 2.37. The summed E-state index contributed by atoms with van der Waals surface area (Å²) < 4.78 is 5.82. The summed E-state index contributed by atoms with van der Waals surface area (Å²) in [6.07, 6.45) is 1.43. The van der Waals surface area contributed by atoms with Gasteiger partial charge >= 0.3 is 0 Å². The molecule has 10 heteroatoms. The third kappa shape index (κ3) is 3.29. The number of ether oxygens (including phenoxy) is 1. The van der Waals surface area contributed by atoms with Crippen molar-refractivity contribution in [1.82, 2.24) is 20.6 Å². The molecule has 1 amide bonds. The van der Waals surface area contributed by atoms with Crippen molar-refractivity contribution < 1.29 is 9.53 Å². The van der Waals surface area contributed by atoms with Crippen LogP contribution in [0.1, 0.15) is 16.2 Å². The lowest BCUT2D eigenvalue weighted by Gasteiger charge is -2.09. The molecule has 0 atom stereocenters. The number of allylic oxidation sites excluding steroid dienone is 1. The zero-order valence-electron chi connectivity index (χ0n) is 13.5. The van der Waals surface area contributed by atoms with Crippen LogP contribution in [0.3, 0.4) is 0 Å². The van der Waals surface area contributed by atoms with Gasteiger partial charge in [-0.2, -0.15) is 10.5 Å². The van der Waals surface area contributed by atoms with Crippen LogP contribution in [0.4, 0.5) is 11.4 Å². The highest BCUT2D eigenvalue weighted by atomic mass is 35.5. The van der Waals surface area contributed by atoms with E-state index >= 15 is 0 Å². The lowest BCUT2D eigenvalue weighted by molar-refractivity contribution is 0.102. The summed E-state index contributed by atoms with van der Waals surface area (Å²) in [5.41, 5.74) is 1.58. The van der Waals surface area contributed by atoms with Crippen LogP contribution in [0, 0.1) is 11.3 Å². The predicted octanol–water partition coefficient (Wildman–Crippen LogP) is 3.19. The molecule has 0 radical (unpaired) electrons. The number of aromatic nitrogens is 4. The molecule has 0 saturated heterocycles. The highest BCUT2D eigenvalue weighted by molar-refractivity contribution is 6.31. The molecule has 0 saturated carbocycles. The molecule has 3 aromatic rings. The van der Waals surface area contributed by atoms with E-state index < -0.39 is 0 Å². The Morgan fingerprint density at radius 3 is 2.89 bits per heavy atom. The third-order valence-electron chi connectivity index (χ3n) is 3.72. The van der Waals surface area contributed by atoms with Gasteiger partial charge in [-0.05, 0) is 41.6 Å². The number of benzene rings is 2. The number of H-pyrrole nitrogens is 1. The number of nitrogens with one attached hydrogen (secondary N) is 3. The van der Waals surface area contributed by atoms with Crippen molar-refractivity contribution in [3.8, 4) is 17.6 Å². The van der Waals surface area contributed by atoms with Crippen molar-refractivity contribution in [3.05, 3.63) is 59.0 Å². The fourth-order valence-electron chi connectivity index (χ4n) is 2.46. The number of anilines is 2. The normalized spacial score (nSPS) is 12.7. The van der Waals surface area contributed by atoms with Gasteiger partial charge in [-0.15, -0.1) is 10.2 Å². The lowest BCUT2D eigenvalue weighted by Crippen LogP contribution is -2.10. The first-order chi connectivity index (χ1) is 13.1. The van der Waals surface area contributed by atoms with Crippen molar-refractivity contribution in [2.45, 2.75) is 0 Å². The number of amides is 1. The molecule has 1 aliphatic heterocycles. The zero-order valence-corrected chi connectivity index (χ0v) is 14.3. The first-order valence-corrected chi connectivity index (χ1v) is 8.05. The summed E-state index contributed by atoms with van der Waals surface area (Å²) in [6.45, 7) is 0. The second kappa shape index (κ2) is 6.78. The maximum absolute atomic E-state index is 12.6. The fraction of sp³-hybridized carbons (Fsp3) is 0. The van der Waals surface area contributed by atoms with Gasteiger partial charge < -0.3 is 15.4 Å². The molecule has 2 heterocycles. The minimum atomic E-state index is -0.336. The van der Waals surface area contributed by atoms with Crippen molar-refractivity contribution >= 4 is 34.5 Å². The van der Waals surface area contributed by atoms with E-state index in [0.29, 0.717) is 33.5 Å². The second-order valence-corrected chi connectivity index (χ2v) is 5.89. The van der Waals surface area contributed by atoms with Crippen LogP contribution >= 0.6 is 11.6 Å². The largest absolute Gasteiger partial charge is 0.454 e. The standard InChI is InChI=1S/C17H10ClN7O2/c18-10-1-3-15-13(5-10)21-17(26)12-6-11(2-4-14(12)27-15)20-8-9(7-19)16-22-24-25-23-16/h1-6,8,20H,(H,21,26)(H,22,23,24,25). The smallest absolute Gasteiger partial charge is 0.259 e. The Hall–Kier alpha value is -3.90. The number of nitriles is 1. The maximum atomic E-state index is 12.6. The Kier molecular flexibility index (Phi) is 4.16. The average Bonchev–Trinajstić information content (AvgIpc) is 3.15. The number of aromatic amines is 1. The van der Waals surface area contributed by atoms with Crippen molar-refractivity contribution in [1.29, 1.82) is 5.26 Å². The van der Waals surface area contributed by atoms with Crippen molar-refractivity contribution in [2.24, 2.45) is 0 Å². The second-order valence-electron chi connectivity index (χ2n) is 5.46. The number of hydrogen-bond donors (Lipinski definition) is 3. The highest BCUT2D eigenvalue weighted by Gasteiger charge is 2.21. The molecular weight excluding hydrogens is 370 g/mol. The summed E-state index contributed by atoms with van der Waals surface area (Å²) >= 11 is 5.97. The molecule has 0 aliphatic carbocycles. The number of nitrogens with zero attached hydrogens (tertiary/aromatic N) is 4. The number of carbonyl (C=O) groups is 1. The van der Waals surface area contributed by atoms with Gasteiger partial charge in [-0.1, -0.05) is 11.6 Å². The number of fused-ring (bicyclic) bond motifs is 2. The summed E-state index contributed by atoms with van der Waals surface area (Å²) in [5, 5.41) is 28.6. The third-order valence-corrected chi connectivity index (χ3v) is 3.96. The van der Waals surface area contributed by atoms with Crippen LogP contribution in [-0.2, 0) is 0 Å².